The summed E-state index contributed by atoms with van der Waals surface area (Å²) in [5.41, 5.74) is -3.43. The lowest BCUT2D eigenvalue weighted by Crippen LogP contribution is -2.56. The minimum Gasteiger partial charge on any atom is -0.481 e. The molecule has 2 bridgehead atoms. The highest BCUT2D eigenvalue weighted by Gasteiger charge is 2.76. The highest BCUT2D eigenvalue weighted by molar-refractivity contribution is 5.77. The summed E-state index contributed by atoms with van der Waals surface area (Å²) < 4.78 is 41.4. The van der Waals surface area contributed by atoms with Crippen LogP contribution in [0.1, 0.15) is 12.8 Å². The molecule has 0 spiro atoms. The largest absolute Gasteiger partial charge is 0.481 e. The molecule has 3 aliphatic rings. The van der Waals surface area contributed by atoms with Crippen LogP contribution >= 0.6 is 0 Å². The molecule has 2 saturated heterocycles. The molecule has 1 N–H and O–H groups in total. The first kappa shape index (κ1) is 8.80. The average Bonchev–Trinajstić information content (AvgIpc) is 2.34. The number of carboxylic acids is 1. The highest BCUT2D eigenvalue weighted by atomic mass is 19.4. The third kappa shape index (κ3) is 0.864. The van der Waals surface area contributed by atoms with E-state index in [1.54, 1.807) is 0 Å². The van der Waals surface area contributed by atoms with E-state index in [-0.39, 0.29) is 6.61 Å². The fourth-order valence-electron chi connectivity index (χ4n) is 2.02. The Bertz CT molecular complexity index is 265. The van der Waals surface area contributed by atoms with Crippen LogP contribution in [0.3, 0.4) is 0 Å². The van der Waals surface area contributed by atoms with Gasteiger partial charge in [-0.05, 0) is 0 Å². The van der Waals surface area contributed by atoms with Crippen molar-refractivity contribution in [2.24, 2.45) is 5.41 Å². The number of ether oxygens (including phenoxy) is 1. The summed E-state index contributed by atoms with van der Waals surface area (Å²) in [6.07, 6.45) is -5.31. The molecule has 2 aliphatic heterocycles. The molecule has 74 valence electrons. The van der Waals surface area contributed by atoms with Crippen LogP contribution in [-0.2, 0) is 9.53 Å². The molecular weight excluding hydrogens is 189 g/mol. The Hall–Kier alpha value is -0.780. The van der Waals surface area contributed by atoms with Gasteiger partial charge in [-0.25, -0.2) is 0 Å². The third-order valence-corrected chi connectivity index (χ3v) is 2.84. The van der Waals surface area contributed by atoms with Crippen LogP contribution < -0.4 is 0 Å². The van der Waals surface area contributed by atoms with Gasteiger partial charge in [0, 0.05) is 12.8 Å². The fourth-order valence-corrected chi connectivity index (χ4v) is 2.02. The molecule has 13 heavy (non-hydrogen) atoms. The van der Waals surface area contributed by atoms with Crippen molar-refractivity contribution in [2.45, 2.75) is 24.6 Å². The maximum Gasteiger partial charge on any atom is 0.417 e. The van der Waals surface area contributed by atoms with Gasteiger partial charge in [-0.2, -0.15) is 13.2 Å². The Kier molecular flexibility index (Phi) is 1.35. The number of fused-ring (bicyclic) bond motifs is 1. The predicted octanol–water partition coefficient (Wildman–Crippen LogP) is 1.18. The first-order valence-electron chi connectivity index (χ1n) is 3.76. The van der Waals surface area contributed by atoms with E-state index in [9.17, 15) is 18.0 Å². The SMILES string of the molecule is O=C(O)C12COC(C(F)(F)F)(C1)C2. The van der Waals surface area contributed by atoms with Crippen LogP contribution in [0.15, 0.2) is 0 Å². The molecule has 3 nitrogen and oxygen atoms in total. The van der Waals surface area contributed by atoms with Gasteiger partial charge in [0.05, 0.1) is 12.0 Å². The molecule has 3 rings (SSSR count). The lowest BCUT2D eigenvalue weighted by Gasteiger charge is -2.42. The first-order chi connectivity index (χ1) is 5.81. The number of hydrogen-bond acceptors (Lipinski definition) is 2. The van der Waals surface area contributed by atoms with E-state index in [2.05, 4.69) is 4.74 Å². The second kappa shape index (κ2) is 2.00. The zero-order chi connectivity index (χ0) is 9.91. The third-order valence-electron chi connectivity index (χ3n) is 2.84. The van der Waals surface area contributed by atoms with Crippen molar-refractivity contribution in [3.8, 4) is 0 Å². The molecule has 0 unspecified atom stereocenters. The Morgan fingerprint density at radius 2 is 1.92 bits per heavy atom. The summed E-state index contributed by atoms with van der Waals surface area (Å²) in [6.45, 7) is -0.318. The monoisotopic (exact) mass is 196 g/mol. The van der Waals surface area contributed by atoms with Crippen LogP contribution in [0.2, 0.25) is 0 Å². The summed E-state index contributed by atoms with van der Waals surface area (Å²) >= 11 is 0. The smallest absolute Gasteiger partial charge is 0.417 e. The van der Waals surface area contributed by atoms with Crippen LogP contribution in [0.25, 0.3) is 0 Å². The fraction of sp³-hybridized carbons (Fsp3) is 0.857. The molecule has 1 aliphatic carbocycles. The van der Waals surface area contributed by atoms with Gasteiger partial charge in [0.25, 0.3) is 0 Å². The molecule has 3 fully saturated rings. The number of aliphatic carboxylic acids is 1. The topological polar surface area (TPSA) is 46.5 Å². The van der Waals surface area contributed by atoms with Gasteiger partial charge < -0.3 is 9.84 Å². The van der Waals surface area contributed by atoms with Crippen LogP contribution in [0.4, 0.5) is 13.2 Å². The van der Waals surface area contributed by atoms with Gasteiger partial charge in [0.2, 0.25) is 0 Å². The van der Waals surface area contributed by atoms with E-state index < -0.39 is 36.0 Å². The van der Waals surface area contributed by atoms with Crippen molar-refractivity contribution >= 4 is 5.97 Å². The van der Waals surface area contributed by atoms with E-state index in [1.165, 1.54) is 0 Å². The summed E-state index contributed by atoms with van der Waals surface area (Å²) in [5.74, 6) is -1.19. The molecular formula is C7H7F3O3. The second-order valence-corrected chi connectivity index (χ2v) is 3.72. The number of carboxylic acid groups (broad SMARTS) is 1. The molecule has 1 saturated carbocycles. The van der Waals surface area contributed by atoms with E-state index in [1.807, 2.05) is 0 Å². The lowest BCUT2D eigenvalue weighted by molar-refractivity contribution is -0.276. The van der Waals surface area contributed by atoms with Crippen molar-refractivity contribution in [1.82, 2.24) is 0 Å². The minimum atomic E-state index is -4.44. The normalized spacial score (nSPS) is 43.0. The number of hydrogen-bond donors (Lipinski definition) is 1. The zero-order valence-corrected chi connectivity index (χ0v) is 6.52. The van der Waals surface area contributed by atoms with Crippen molar-refractivity contribution in [3.63, 3.8) is 0 Å². The maximum absolute atomic E-state index is 12.3. The van der Waals surface area contributed by atoms with Gasteiger partial charge in [0.1, 0.15) is 0 Å². The van der Waals surface area contributed by atoms with Gasteiger partial charge in [0.15, 0.2) is 5.60 Å². The molecule has 0 atom stereocenters. The molecule has 0 amide bonds. The Labute approximate surface area is 71.5 Å². The lowest BCUT2D eigenvalue weighted by atomic mass is 9.62. The second-order valence-electron chi connectivity index (χ2n) is 3.72. The van der Waals surface area contributed by atoms with Gasteiger partial charge in [-0.15, -0.1) is 0 Å². The number of rotatable bonds is 1. The Balaban J connectivity index is 2.20. The Morgan fingerprint density at radius 1 is 1.38 bits per heavy atom. The van der Waals surface area contributed by atoms with Crippen LogP contribution in [-0.4, -0.2) is 29.5 Å². The molecule has 0 aromatic carbocycles. The number of carbonyl (C=O) groups is 1. The van der Waals surface area contributed by atoms with Crippen LogP contribution in [0, 0.1) is 5.41 Å². The summed E-state index contributed by atoms with van der Waals surface area (Å²) in [6, 6.07) is 0. The van der Waals surface area contributed by atoms with Gasteiger partial charge in [-0.3, -0.25) is 4.79 Å². The average molecular weight is 196 g/mol. The van der Waals surface area contributed by atoms with E-state index in [4.69, 9.17) is 5.11 Å². The predicted molar refractivity (Wildman–Crippen MR) is 34.0 cm³/mol. The molecule has 0 aromatic heterocycles. The maximum atomic E-state index is 12.3. The summed E-state index contributed by atoms with van der Waals surface area (Å²) in [5, 5.41) is 8.64. The number of halogens is 3. The molecule has 2 heterocycles. The van der Waals surface area contributed by atoms with Crippen molar-refractivity contribution in [1.29, 1.82) is 0 Å². The van der Waals surface area contributed by atoms with Crippen LogP contribution in [0.5, 0.6) is 0 Å². The molecule has 0 radical (unpaired) electrons. The van der Waals surface area contributed by atoms with Crippen molar-refractivity contribution in [2.75, 3.05) is 6.61 Å². The first-order valence-corrected chi connectivity index (χ1v) is 3.76. The van der Waals surface area contributed by atoms with E-state index in [0.717, 1.165) is 0 Å². The van der Waals surface area contributed by atoms with Crippen molar-refractivity contribution < 1.29 is 27.8 Å². The summed E-state index contributed by atoms with van der Waals surface area (Å²) in [4.78, 5) is 10.6. The number of alkyl halides is 3. The van der Waals surface area contributed by atoms with Crippen molar-refractivity contribution in [3.05, 3.63) is 0 Å². The van der Waals surface area contributed by atoms with E-state index >= 15 is 0 Å². The Morgan fingerprint density at radius 3 is 2.15 bits per heavy atom. The zero-order valence-electron chi connectivity index (χ0n) is 6.52. The molecule has 0 aromatic rings. The van der Waals surface area contributed by atoms with E-state index in [0.29, 0.717) is 0 Å². The molecule has 6 heteroatoms. The highest BCUT2D eigenvalue weighted by Crippen LogP contribution is 2.63. The summed E-state index contributed by atoms with van der Waals surface area (Å²) in [7, 11) is 0. The standard InChI is InChI=1S/C7H7F3O3/c8-7(9,10)6-1-5(2-6,3-13-6)4(11)12/h1-3H2,(H,11,12). The van der Waals surface area contributed by atoms with Gasteiger partial charge >= 0.3 is 12.1 Å². The quantitative estimate of drug-likeness (QED) is 0.685. The minimum absolute atomic E-state index is 0.318. The van der Waals surface area contributed by atoms with Gasteiger partial charge in [-0.1, -0.05) is 0 Å².